The van der Waals surface area contributed by atoms with Gasteiger partial charge in [-0.25, -0.2) is 0 Å². The Balaban J connectivity index is 1.54. The summed E-state index contributed by atoms with van der Waals surface area (Å²) in [6.45, 7) is 1.39. The van der Waals surface area contributed by atoms with Crippen LogP contribution < -0.4 is 0 Å². The molecule has 1 fully saturated rings. The van der Waals surface area contributed by atoms with Crippen molar-refractivity contribution in [3.63, 3.8) is 0 Å². The lowest BCUT2D eigenvalue weighted by molar-refractivity contribution is -0.142. The molecule has 0 aromatic heterocycles. The largest absolute Gasteiger partial charge is 0.508 e. The summed E-state index contributed by atoms with van der Waals surface area (Å²) in [4.78, 5) is 65.7. The van der Waals surface area contributed by atoms with Crippen molar-refractivity contribution in [3.8, 4) is 5.75 Å². The molecule has 8 nitrogen and oxygen atoms in total. The number of imide groups is 1. The third-order valence-corrected chi connectivity index (χ3v) is 8.44. The average Bonchev–Trinajstić information content (AvgIpc) is 3.14. The number of benzene rings is 2. The number of phenols is 1. The number of aromatic hydroxyl groups is 1. The van der Waals surface area contributed by atoms with Crippen molar-refractivity contribution in [2.45, 2.75) is 32.1 Å². The number of nitrogens with zero attached hydrogens (tertiary/aromatic N) is 1. The van der Waals surface area contributed by atoms with Crippen LogP contribution in [0.5, 0.6) is 5.75 Å². The van der Waals surface area contributed by atoms with Gasteiger partial charge in [-0.15, -0.1) is 0 Å². The molecule has 1 heterocycles. The molecule has 6 rings (SSSR count). The third-order valence-electron chi connectivity index (χ3n) is 8.44. The van der Waals surface area contributed by atoms with E-state index in [1.165, 1.54) is 6.08 Å². The fourth-order valence-corrected chi connectivity index (χ4v) is 6.77. The van der Waals surface area contributed by atoms with E-state index >= 15 is 0 Å². The number of carbonyl (C=O) groups is 5. The Kier molecular flexibility index (Phi) is 5.45. The van der Waals surface area contributed by atoms with Gasteiger partial charge in [-0.3, -0.25) is 28.9 Å². The Morgan fingerprint density at radius 2 is 1.79 bits per heavy atom. The smallest absolute Gasteiger partial charge is 0.305 e. The second-order valence-electron chi connectivity index (χ2n) is 10.4. The van der Waals surface area contributed by atoms with Gasteiger partial charge in [0.25, 0.3) is 0 Å². The second-order valence-corrected chi connectivity index (χ2v) is 10.4. The van der Waals surface area contributed by atoms with Gasteiger partial charge in [0.2, 0.25) is 11.8 Å². The summed E-state index contributed by atoms with van der Waals surface area (Å²) in [5, 5.41) is 21.9. The Morgan fingerprint density at radius 1 is 1.03 bits per heavy atom. The van der Waals surface area contributed by atoms with Crippen molar-refractivity contribution in [2.75, 3.05) is 6.54 Å². The lowest BCUT2D eigenvalue weighted by atomic mass is 9.59. The summed E-state index contributed by atoms with van der Waals surface area (Å²) >= 11 is 0. The molecule has 4 unspecified atom stereocenters. The molecule has 192 valence electrons. The molecular formula is C30H25NO7. The molecule has 3 aliphatic carbocycles. The van der Waals surface area contributed by atoms with Crippen LogP contribution in [0.25, 0.3) is 10.8 Å². The number of aliphatic carboxylic acids is 1. The van der Waals surface area contributed by atoms with Crippen LogP contribution in [0.3, 0.4) is 0 Å². The van der Waals surface area contributed by atoms with Gasteiger partial charge in [-0.05, 0) is 48.6 Å². The highest BCUT2D eigenvalue weighted by atomic mass is 16.4. The SMILES string of the molecule is CC1=CC(=O)C2=C(C1=O)C(c1c(O)ccc3ccccc13)C1=CCC3C(=O)N(CCC(=O)O)C(=O)C3C1C2. The number of carboxylic acid groups (broad SMARTS) is 1. The number of carboxylic acids is 1. The highest BCUT2D eigenvalue weighted by Crippen LogP contribution is 2.57. The maximum absolute atomic E-state index is 13.6. The quantitative estimate of drug-likeness (QED) is 0.365. The summed E-state index contributed by atoms with van der Waals surface area (Å²) in [6, 6.07) is 10.8. The fourth-order valence-electron chi connectivity index (χ4n) is 6.77. The summed E-state index contributed by atoms with van der Waals surface area (Å²) in [5.41, 5.74) is 2.19. The zero-order valence-corrected chi connectivity index (χ0v) is 20.6. The predicted octanol–water partition coefficient (Wildman–Crippen LogP) is 3.45. The zero-order valence-electron chi connectivity index (χ0n) is 20.6. The first-order valence-electron chi connectivity index (χ1n) is 12.7. The van der Waals surface area contributed by atoms with Crippen LogP contribution in [0.2, 0.25) is 0 Å². The Hall–Kier alpha value is -4.33. The van der Waals surface area contributed by atoms with Gasteiger partial charge in [-0.1, -0.05) is 42.0 Å². The van der Waals surface area contributed by atoms with Crippen molar-refractivity contribution in [1.29, 1.82) is 0 Å². The van der Waals surface area contributed by atoms with E-state index < -0.39 is 41.5 Å². The van der Waals surface area contributed by atoms with Crippen molar-refractivity contribution < 1.29 is 34.2 Å². The van der Waals surface area contributed by atoms with Gasteiger partial charge in [0.05, 0.1) is 18.3 Å². The van der Waals surface area contributed by atoms with Gasteiger partial charge in [0.1, 0.15) is 5.75 Å². The van der Waals surface area contributed by atoms with Crippen molar-refractivity contribution in [3.05, 3.63) is 76.4 Å². The molecule has 38 heavy (non-hydrogen) atoms. The van der Waals surface area contributed by atoms with E-state index in [1.54, 1.807) is 19.1 Å². The number of allylic oxidation sites excluding steroid dienone is 6. The Labute approximate surface area is 217 Å². The number of Topliss-reactive ketones (excluding diaryl/α,β-unsaturated/α-hetero) is 1. The molecule has 1 aliphatic heterocycles. The number of phenolic OH excluding ortho intramolecular Hbond substituents is 1. The summed E-state index contributed by atoms with van der Waals surface area (Å²) in [7, 11) is 0. The molecule has 1 saturated heterocycles. The first kappa shape index (κ1) is 24.0. The maximum atomic E-state index is 13.6. The number of carbonyl (C=O) groups excluding carboxylic acids is 4. The molecule has 8 heteroatoms. The summed E-state index contributed by atoms with van der Waals surface area (Å²) in [5.74, 6) is -5.25. The van der Waals surface area contributed by atoms with Crippen molar-refractivity contribution in [2.24, 2.45) is 17.8 Å². The van der Waals surface area contributed by atoms with Crippen molar-refractivity contribution in [1.82, 2.24) is 4.90 Å². The minimum Gasteiger partial charge on any atom is -0.508 e. The number of fused-ring (bicyclic) bond motifs is 4. The fraction of sp³-hybridized carbons (Fsp3) is 0.300. The van der Waals surface area contributed by atoms with Gasteiger partial charge in [-0.2, -0.15) is 0 Å². The van der Waals surface area contributed by atoms with Crippen LogP contribution in [0.4, 0.5) is 0 Å². The molecule has 2 aromatic rings. The Bertz CT molecular complexity index is 1580. The van der Waals surface area contributed by atoms with Gasteiger partial charge in [0.15, 0.2) is 11.6 Å². The van der Waals surface area contributed by atoms with Crippen LogP contribution in [0, 0.1) is 17.8 Å². The number of amides is 2. The van der Waals surface area contributed by atoms with E-state index in [1.807, 2.05) is 30.3 Å². The van der Waals surface area contributed by atoms with E-state index in [9.17, 15) is 29.1 Å². The molecule has 0 spiro atoms. The first-order chi connectivity index (χ1) is 18.2. The lowest BCUT2D eigenvalue weighted by Crippen LogP contribution is -2.40. The van der Waals surface area contributed by atoms with E-state index in [0.717, 1.165) is 21.2 Å². The number of likely N-dealkylation sites (tertiary alicyclic amines) is 1. The van der Waals surface area contributed by atoms with Gasteiger partial charge < -0.3 is 10.2 Å². The summed E-state index contributed by atoms with van der Waals surface area (Å²) in [6.07, 6.45) is 3.24. The topological polar surface area (TPSA) is 129 Å². The Morgan fingerprint density at radius 3 is 2.55 bits per heavy atom. The molecular weight excluding hydrogens is 486 g/mol. The van der Waals surface area contributed by atoms with E-state index in [0.29, 0.717) is 22.3 Å². The highest BCUT2D eigenvalue weighted by Gasteiger charge is 2.56. The highest BCUT2D eigenvalue weighted by molar-refractivity contribution is 6.24. The molecule has 0 saturated carbocycles. The van der Waals surface area contributed by atoms with Gasteiger partial charge in [0, 0.05) is 34.7 Å². The van der Waals surface area contributed by atoms with Crippen LogP contribution in [-0.4, -0.2) is 51.0 Å². The molecule has 4 atom stereocenters. The second kappa shape index (κ2) is 8.62. The molecule has 2 aromatic carbocycles. The number of hydrogen-bond acceptors (Lipinski definition) is 6. The van der Waals surface area contributed by atoms with Crippen LogP contribution in [0.15, 0.2) is 70.8 Å². The van der Waals surface area contributed by atoms with Gasteiger partial charge >= 0.3 is 5.97 Å². The standard InChI is InChI=1S/C30H25NO7/c1-14-12-22(33)20-13-19-17(7-8-18-24(19)30(38)31(29(18)37)11-10-23(34)35)26(27(20)28(14)36)25-16-5-3-2-4-15(16)6-9-21(25)32/h2-7,9,12,18-19,24,26,32H,8,10-11,13H2,1H3,(H,34,35). The molecule has 0 radical (unpaired) electrons. The van der Waals surface area contributed by atoms with Crippen LogP contribution in [0.1, 0.15) is 37.7 Å². The van der Waals surface area contributed by atoms with Crippen LogP contribution >= 0.6 is 0 Å². The monoisotopic (exact) mass is 511 g/mol. The minimum absolute atomic E-state index is 0.0198. The average molecular weight is 512 g/mol. The van der Waals surface area contributed by atoms with Crippen molar-refractivity contribution >= 4 is 40.1 Å². The molecule has 2 N–H and O–H groups in total. The number of hydrogen-bond donors (Lipinski definition) is 2. The molecule has 4 aliphatic rings. The van der Waals surface area contributed by atoms with Crippen LogP contribution in [-0.2, 0) is 24.0 Å². The first-order valence-corrected chi connectivity index (χ1v) is 12.7. The normalized spacial score (nSPS) is 26.7. The minimum atomic E-state index is -1.10. The maximum Gasteiger partial charge on any atom is 0.305 e. The van der Waals surface area contributed by atoms with E-state index in [4.69, 9.17) is 5.11 Å². The third kappa shape index (κ3) is 3.40. The van der Waals surface area contributed by atoms with E-state index in [2.05, 4.69) is 0 Å². The lowest BCUT2D eigenvalue weighted by Gasteiger charge is -2.42. The number of ketones is 2. The number of rotatable bonds is 4. The van der Waals surface area contributed by atoms with E-state index in [-0.39, 0.29) is 43.1 Å². The molecule has 0 bridgehead atoms. The molecule has 2 amide bonds. The zero-order chi connectivity index (χ0) is 26.9. The summed E-state index contributed by atoms with van der Waals surface area (Å²) < 4.78 is 0. The predicted molar refractivity (Wildman–Crippen MR) is 136 cm³/mol.